The average Bonchev–Trinajstić information content (AvgIpc) is 2.45. The van der Waals surface area contributed by atoms with Crippen LogP contribution in [0, 0.1) is 10.1 Å². The molecule has 1 saturated heterocycles. The zero-order chi connectivity index (χ0) is 14.7. The SMILES string of the molecule is Cl.NCC1CCCCN1C(=O)c1cc(Br)cc([N+](=O)[O-])c1. The van der Waals surface area contributed by atoms with Crippen molar-refractivity contribution in [1.82, 2.24) is 4.90 Å². The number of nitro benzene ring substituents is 1. The Morgan fingerprint density at radius 2 is 2.14 bits per heavy atom. The molecule has 1 aliphatic rings. The molecule has 0 aromatic heterocycles. The Morgan fingerprint density at radius 1 is 1.43 bits per heavy atom. The quantitative estimate of drug-likeness (QED) is 0.647. The molecular formula is C13H17BrClN3O3. The number of benzene rings is 1. The van der Waals surface area contributed by atoms with Gasteiger partial charge in [-0.05, 0) is 25.3 Å². The van der Waals surface area contributed by atoms with Crippen LogP contribution in [0.5, 0.6) is 0 Å². The van der Waals surface area contributed by atoms with Gasteiger partial charge in [0.05, 0.1) is 4.92 Å². The number of likely N-dealkylation sites (tertiary alicyclic amines) is 1. The molecule has 1 aliphatic heterocycles. The van der Waals surface area contributed by atoms with Gasteiger partial charge < -0.3 is 10.6 Å². The van der Waals surface area contributed by atoms with Crippen LogP contribution in [0.2, 0.25) is 0 Å². The topological polar surface area (TPSA) is 89.5 Å². The summed E-state index contributed by atoms with van der Waals surface area (Å²) in [6, 6.07) is 4.33. The van der Waals surface area contributed by atoms with Crippen LogP contribution < -0.4 is 5.73 Å². The van der Waals surface area contributed by atoms with Crippen LogP contribution in [-0.4, -0.2) is 34.9 Å². The van der Waals surface area contributed by atoms with E-state index < -0.39 is 4.92 Å². The largest absolute Gasteiger partial charge is 0.334 e. The lowest BCUT2D eigenvalue weighted by Gasteiger charge is -2.35. The fraction of sp³-hybridized carbons (Fsp3) is 0.462. The lowest BCUT2D eigenvalue weighted by atomic mass is 10.0. The molecule has 2 rings (SSSR count). The van der Waals surface area contributed by atoms with E-state index >= 15 is 0 Å². The van der Waals surface area contributed by atoms with Crippen molar-refractivity contribution in [3.63, 3.8) is 0 Å². The Kier molecular flexibility index (Phi) is 6.57. The van der Waals surface area contributed by atoms with Crippen molar-refractivity contribution in [2.75, 3.05) is 13.1 Å². The van der Waals surface area contributed by atoms with Crippen LogP contribution >= 0.6 is 28.3 Å². The number of rotatable bonds is 3. The van der Waals surface area contributed by atoms with Gasteiger partial charge in [0, 0.05) is 41.3 Å². The predicted octanol–water partition coefficient (Wildman–Crippen LogP) is 2.73. The molecule has 1 atom stereocenters. The summed E-state index contributed by atoms with van der Waals surface area (Å²) in [4.78, 5) is 24.6. The van der Waals surface area contributed by atoms with Gasteiger partial charge in [0.25, 0.3) is 11.6 Å². The molecule has 21 heavy (non-hydrogen) atoms. The fourth-order valence-electron chi connectivity index (χ4n) is 2.48. The summed E-state index contributed by atoms with van der Waals surface area (Å²) in [5.41, 5.74) is 5.94. The lowest BCUT2D eigenvalue weighted by molar-refractivity contribution is -0.385. The number of nitro groups is 1. The Balaban J connectivity index is 0.00000220. The van der Waals surface area contributed by atoms with Crippen molar-refractivity contribution in [3.8, 4) is 0 Å². The monoisotopic (exact) mass is 377 g/mol. The van der Waals surface area contributed by atoms with Gasteiger partial charge in [-0.25, -0.2) is 0 Å². The molecule has 1 aromatic rings. The Bertz CT molecular complexity index is 541. The highest BCUT2D eigenvalue weighted by Gasteiger charge is 2.27. The second-order valence-electron chi connectivity index (χ2n) is 4.84. The van der Waals surface area contributed by atoms with Crippen molar-refractivity contribution in [2.24, 2.45) is 5.73 Å². The van der Waals surface area contributed by atoms with Crippen molar-refractivity contribution in [1.29, 1.82) is 0 Å². The highest BCUT2D eigenvalue weighted by atomic mass is 79.9. The van der Waals surface area contributed by atoms with E-state index in [1.165, 1.54) is 12.1 Å². The number of hydrogen-bond acceptors (Lipinski definition) is 4. The number of carbonyl (C=O) groups excluding carboxylic acids is 1. The van der Waals surface area contributed by atoms with Gasteiger partial charge in [0.1, 0.15) is 0 Å². The molecule has 1 aromatic carbocycles. The second-order valence-corrected chi connectivity index (χ2v) is 5.75. The number of nitrogens with two attached hydrogens (primary N) is 1. The first-order valence-electron chi connectivity index (χ1n) is 6.49. The van der Waals surface area contributed by atoms with E-state index in [2.05, 4.69) is 15.9 Å². The van der Waals surface area contributed by atoms with E-state index in [-0.39, 0.29) is 30.0 Å². The first-order valence-corrected chi connectivity index (χ1v) is 7.28. The molecule has 1 heterocycles. The minimum absolute atomic E-state index is 0. The van der Waals surface area contributed by atoms with Gasteiger partial charge in [-0.15, -0.1) is 12.4 Å². The maximum atomic E-state index is 12.5. The van der Waals surface area contributed by atoms with Gasteiger partial charge in [-0.3, -0.25) is 14.9 Å². The van der Waals surface area contributed by atoms with Gasteiger partial charge in [-0.1, -0.05) is 15.9 Å². The highest BCUT2D eigenvalue weighted by molar-refractivity contribution is 9.10. The van der Waals surface area contributed by atoms with Gasteiger partial charge in [0.2, 0.25) is 0 Å². The van der Waals surface area contributed by atoms with Crippen LogP contribution in [0.25, 0.3) is 0 Å². The van der Waals surface area contributed by atoms with Gasteiger partial charge in [0.15, 0.2) is 0 Å². The highest BCUT2D eigenvalue weighted by Crippen LogP contribution is 2.25. The van der Waals surface area contributed by atoms with E-state index in [9.17, 15) is 14.9 Å². The summed E-state index contributed by atoms with van der Waals surface area (Å²) in [5, 5.41) is 10.9. The molecule has 1 unspecified atom stereocenters. The maximum absolute atomic E-state index is 12.5. The van der Waals surface area contributed by atoms with E-state index in [0.29, 0.717) is 23.1 Å². The standard InChI is InChI=1S/C13H16BrN3O3.ClH/c14-10-5-9(6-12(7-10)17(19)20)13(18)16-4-2-1-3-11(16)8-15;/h5-7,11H,1-4,8,15H2;1H. The average molecular weight is 379 g/mol. The number of amides is 1. The third kappa shape index (κ3) is 4.15. The van der Waals surface area contributed by atoms with Gasteiger partial charge in [-0.2, -0.15) is 0 Å². The summed E-state index contributed by atoms with van der Waals surface area (Å²) >= 11 is 3.21. The maximum Gasteiger partial charge on any atom is 0.271 e. The van der Waals surface area contributed by atoms with E-state index in [0.717, 1.165) is 19.3 Å². The van der Waals surface area contributed by atoms with Crippen molar-refractivity contribution < 1.29 is 9.72 Å². The molecule has 116 valence electrons. The summed E-state index contributed by atoms with van der Waals surface area (Å²) in [6.07, 6.45) is 2.89. The van der Waals surface area contributed by atoms with Crippen LogP contribution in [0.3, 0.4) is 0 Å². The summed E-state index contributed by atoms with van der Waals surface area (Å²) < 4.78 is 0.524. The molecule has 0 bridgehead atoms. The van der Waals surface area contributed by atoms with E-state index in [1.807, 2.05) is 0 Å². The number of hydrogen-bond donors (Lipinski definition) is 1. The normalized spacial score (nSPS) is 18.0. The Labute approximate surface area is 137 Å². The Morgan fingerprint density at radius 3 is 2.76 bits per heavy atom. The number of non-ortho nitro benzene ring substituents is 1. The number of halogens is 2. The molecule has 0 radical (unpaired) electrons. The second kappa shape index (κ2) is 7.72. The summed E-state index contributed by atoms with van der Waals surface area (Å²) in [6.45, 7) is 1.07. The molecule has 0 saturated carbocycles. The first kappa shape index (κ1) is 17.9. The smallest absolute Gasteiger partial charge is 0.271 e. The van der Waals surface area contributed by atoms with Crippen LogP contribution in [0.1, 0.15) is 29.6 Å². The summed E-state index contributed by atoms with van der Waals surface area (Å²) in [5.74, 6) is -0.190. The fourth-order valence-corrected chi connectivity index (χ4v) is 2.96. The molecule has 2 N–H and O–H groups in total. The van der Waals surface area contributed by atoms with Crippen molar-refractivity contribution in [2.45, 2.75) is 25.3 Å². The molecule has 8 heteroatoms. The molecule has 1 amide bonds. The zero-order valence-corrected chi connectivity index (χ0v) is 13.7. The third-order valence-electron chi connectivity index (χ3n) is 3.50. The minimum atomic E-state index is -0.502. The third-order valence-corrected chi connectivity index (χ3v) is 3.96. The molecular weight excluding hydrogens is 362 g/mol. The van der Waals surface area contributed by atoms with Crippen LogP contribution in [0.4, 0.5) is 5.69 Å². The first-order chi connectivity index (χ1) is 9.52. The van der Waals surface area contributed by atoms with Crippen molar-refractivity contribution in [3.05, 3.63) is 38.3 Å². The zero-order valence-electron chi connectivity index (χ0n) is 11.3. The van der Waals surface area contributed by atoms with Crippen molar-refractivity contribution >= 4 is 39.9 Å². The van der Waals surface area contributed by atoms with Crippen LogP contribution in [0.15, 0.2) is 22.7 Å². The number of piperidine rings is 1. The molecule has 0 spiro atoms. The van der Waals surface area contributed by atoms with Gasteiger partial charge >= 0.3 is 0 Å². The Hall–Kier alpha value is -1.18. The lowest BCUT2D eigenvalue weighted by Crippen LogP contribution is -2.47. The van der Waals surface area contributed by atoms with E-state index in [4.69, 9.17) is 5.73 Å². The van der Waals surface area contributed by atoms with Crippen LogP contribution in [-0.2, 0) is 0 Å². The summed E-state index contributed by atoms with van der Waals surface area (Å²) in [7, 11) is 0. The molecule has 0 aliphatic carbocycles. The predicted molar refractivity (Wildman–Crippen MR) is 85.8 cm³/mol. The van der Waals surface area contributed by atoms with E-state index in [1.54, 1.807) is 11.0 Å². The number of nitrogens with zero attached hydrogens (tertiary/aromatic N) is 2. The number of carbonyl (C=O) groups is 1. The molecule has 1 fully saturated rings. The minimum Gasteiger partial charge on any atom is -0.334 e. The molecule has 6 nitrogen and oxygen atoms in total.